The molecule has 2 aromatic carbocycles. The molecule has 1 amide bonds. The Balaban J connectivity index is 2.21. The Kier molecular flexibility index (Phi) is 4.79. The van der Waals surface area contributed by atoms with Gasteiger partial charge in [-0.25, -0.2) is 10.5 Å². The normalized spacial score (nSPS) is 10.8. The summed E-state index contributed by atoms with van der Waals surface area (Å²) < 4.78 is 0. The molecule has 24 heavy (non-hydrogen) atoms. The van der Waals surface area contributed by atoms with Crippen molar-refractivity contribution < 1.29 is 9.63 Å². The Morgan fingerprint density at radius 3 is 2.75 bits per heavy atom. The molecule has 1 aromatic heterocycles. The number of amides is 1. The van der Waals surface area contributed by atoms with Gasteiger partial charge in [0.1, 0.15) is 0 Å². The maximum absolute atomic E-state index is 12.5. The first-order valence-corrected chi connectivity index (χ1v) is 8.06. The van der Waals surface area contributed by atoms with E-state index in [1.165, 1.54) is 0 Å². The van der Waals surface area contributed by atoms with Crippen LogP contribution in [0, 0.1) is 6.92 Å². The highest BCUT2D eigenvalue weighted by molar-refractivity contribution is 6.33. The quantitative estimate of drug-likeness (QED) is 0.709. The Morgan fingerprint density at radius 2 is 2.00 bits per heavy atom. The smallest absolute Gasteiger partial charge is 0.274 e. The molecular formula is C19H17ClN2O2. The number of rotatable bonds is 4. The van der Waals surface area contributed by atoms with Crippen molar-refractivity contribution in [2.24, 2.45) is 0 Å². The van der Waals surface area contributed by atoms with E-state index in [1.54, 1.807) is 12.1 Å². The van der Waals surface area contributed by atoms with Crippen LogP contribution >= 0.6 is 11.6 Å². The highest BCUT2D eigenvalue weighted by Crippen LogP contribution is 2.30. The third kappa shape index (κ3) is 3.25. The van der Waals surface area contributed by atoms with Crippen molar-refractivity contribution in [3.63, 3.8) is 0 Å². The van der Waals surface area contributed by atoms with E-state index >= 15 is 0 Å². The van der Waals surface area contributed by atoms with Gasteiger partial charge in [-0.3, -0.25) is 9.63 Å². The minimum atomic E-state index is -0.303. The molecular weight excluding hydrogens is 324 g/mol. The zero-order valence-corrected chi connectivity index (χ0v) is 14.2. The summed E-state index contributed by atoms with van der Waals surface area (Å²) >= 11 is 6.29. The van der Waals surface area contributed by atoms with E-state index in [2.05, 4.69) is 10.5 Å². The van der Waals surface area contributed by atoms with E-state index in [1.807, 2.05) is 50.2 Å². The molecule has 0 aliphatic carbocycles. The van der Waals surface area contributed by atoms with Gasteiger partial charge in [0, 0.05) is 16.0 Å². The number of benzene rings is 2. The predicted octanol–water partition coefficient (Wildman–Crippen LogP) is 4.54. The molecule has 0 saturated heterocycles. The van der Waals surface area contributed by atoms with Crippen molar-refractivity contribution in [2.45, 2.75) is 13.8 Å². The monoisotopic (exact) mass is 340 g/mol. The Morgan fingerprint density at radius 1 is 1.21 bits per heavy atom. The number of carbonyl (C=O) groups is 1. The van der Waals surface area contributed by atoms with Crippen LogP contribution in [0.2, 0.25) is 5.02 Å². The fourth-order valence-electron chi connectivity index (χ4n) is 2.53. The number of hydroxylamine groups is 1. The summed E-state index contributed by atoms with van der Waals surface area (Å²) in [5.41, 5.74) is 6.19. The van der Waals surface area contributed by atoms with Crippen LogP contribution in [-0.2, 0) is 4.84 Å². The number of nitrogens with zero attached hydrogens (tertiary/aromatic N) is 1. The summed E-state index contributed by atoms with van der Waals surface area (Å²) in [6, 6.07) is 15.0. The first-order chi connectivity index (χ1) is 11.6. The number of hydrogen-bond acceptors (Lipinski definition) is 3. The van der Waals surface area contributed by atoms with E-state index in [9.17, 15) is 4.79 Å². The summed E-state index contributed by atoms with van der Waals surface area (Å²) in [6.07, 6.45) is 0. The summed E-state index contributed by atoms with van der Waals surface area (Å²) in [6.45, 7) is 4.18. The average molecular weight is 341 g/mol. The molecule has 0 atom stereocenters. The molecule has 0 fully saturated rings. The second-order valence-corrected chi connectivity index (χ2v) is 5.83. The number of pyridine rings is 1. The molecule has 0 aliphatic heterocycles. The first kappa shape index (κ1) is 16.4. The van der Waals surface area contributed by atoms with Crippen LogP contribution in [0.4, 0.5) is 0 Å². The van der Waals surface area contributed by atoms with Crippen molar-refractivity contribution in [3.05, 3.63) is 64.7 Å². The lowest BCUT2D eigenvalue weighted by Gasteiger charge is -2.11. The predicted molar refractivity (Wildman–Crippen MR) is 96.0 cm³/mol. The summed E-state index contributed by atoms with van der Waals surface area (Å²) in [5.74, 6) is -0.303. The maximum atomic E-state index is 12.5. The van der Waals surface area contributed by atoms with E-state index in [0.717, 1.165) is 22.0 Å². The van der Waals surface area contributed by atoms with Crippen LogP contribution in [0.1, 0.15) is 22.8 Å². The topological polar surface area (TPSA) is 51.2 Å². The summed E-state index contributed by atoms with van der Waals surface area (Å²) in [4.78, 5) is 22.2. The van der Waals surface area contributed by atoms with Gasteiger partial charge >= 0.3 is 0 Å². The van der Waals surface area contributed by atoms with Crippen molar-refractivity contribution in [1.82, 2.24) is 10.5 Å². The Labute approximate surface area is 145 Å². The van der Waals surface area contributed by atoms with Crippen LogP contribution in [0.25, 0.3) is 22.2 Å². The van der Waals surface area contributed by atoms with Gasteiger partial charge in [-0.05, 0) is 38.1 Å². The van der Waals surface area contributed by atoms with Crippen molar-refractivity contribution in [1.29, 1.82) is 0 Å². The molecule has 0 bridgehead atoms. The number of carbonyl (C=O) groups excluding carboxylic acids is 1. The SMILES string of the molecule is CCONC(=O)c1cc(-c2ccccc2Cl)nc2ccc(C)cc12. The summed E-state index contributed by atoms with van der Waals surface area (Å²) in [5, 5.41) is 1.37. The summed E-state index contributed by atoms with van der Waals surface area (Å²) in [7, 11) is 0. The van der Waals surface area contributed by atoms with Crippen LogP contribution in [0.15, 0.2) is 48.5 Å². The lowest BCUT2D eigenvalue weighted by atomic mass is 10.0. The minimum absolute atomic E-state index is 0.303. The highest BCUT2D eigenvalue weighted by atomic mass is 35.5. The lowest BCUT2D eigenvalue weighted by Crippen LogP contribution is -2.24. The van der Waals surface area contributed by atoms with Crippen LogP contribution in [0.3, 0.4) is 0 Å². The van der Waals surface area contributed by atoms with Crippen molar-refractivity contribution in [3.8, 4) is 11.3 Å². The van der Waals surface area contributed by atoms with Crippen molar-refractivity contribution in [2.75, 3.05) is 6.61 Å². The molecule has 3 rings (SSSR count). The fraction of sp³-hybridized carbons (Fsp3) is 0.158. The first-order valence-electron chi connectivity index (χ1n) is 7.68. The lowest BCUT2D eigenvalue weighted by molar-refractivity contribution is 0.0366. The number of aromatic nitrogens is 1. The molecule has 1 N–H and O–H groups in total. The van der Waals surface area contributed by atoms with Crippen LogP contribution < -0.4 is 5.48 Å². The van der Waals surface area contributed by atoms with Gasteiger partial charge in [-0.1, -0.05) is 41.4 Å². The molecule has 0 unspecified atom stereocenters. The van der Waals surface area contributed by atoms with Gasteiger partial charge in [0.25, 0.3) is 5.91 Å². The minimum Gasteiger partial charge on any atom is -0.274 e. The van der Waals surface area contributed by atoms with E-state index in [0.29, 0.717) is 22.9 Å². The molecule has 1 heterocycles. The van der Waals surface area contributed by atoms with Gasteiger partial charge in [0.15, 0.2) is 0 Å². The van der Waals surface area contributed by atoms with Gasteiger partial charge in [-0.15, -0.1) is 0 Å². The van der Waals surface area contributed by atoms with Gasteiger partial charge < -0.3 is 0 Å². The molecule has 3 aromatic rings. The van der Waals surface area contributed by atoms with Crippen LogP contribution in [0.5, 0.6) is 0 Å². The standard InChI is InChI=1S/C19H17ClN2O2/c1-3-24-22-19(23)15-11-18(13-6-4-5-7-16(13)20)21-17-9-8-12(2)10-14(15)17/h4-11H,3H2,1-2H3,(H,22,23). The molecule has 0 aliphatic rings. The molecule has 5 heteroatoms. The second kappa shape index (κ2) is 6.99. The highest BCUT2D eigenvalue weighted by Gasteiger charge is 2.15. The van der Waals surface area contributed by atoms with Gasteiger partial charge in [-0.2, -0.15) is 0 Å². The fourth-order valence-corrected chi connectivity index (χ4v) is 2.76. The van der Waals surface area contributed by atoms with Crippen molar-refractivity contribution >= 4 is 28.4 Å². The number of aryl methyl sites for hydroxylation is 1. The average Bonchev–Trinajstić information content (AvgIpc) is 2.59. The third-order valence-electron chi connectivity index (χ3n) is 3.67. The number of fused-ring (bicyclic) bond motifs is 1. The van der Waals surface area contributed by atoms with Gasteiger partial charge in [0.05, 0.1) is 23.4 Å². The molecule has 4 nitrogen and oxygen atoms in total. The Bertz CT molecular complexity index is 909. The van der Waals surface area contributed by atoms with E-state index < -0.39 is 0 Å². The Hall–Kier alpha value is -2.43. The maximum Gasteiger partial charge on any atom is 0.275 e. The second-order valence-electron chi connectivity index (χ2n) is 5.42. The molecule has 0 saturated carbocycles. The van der Waals surface area contributed by atoms with Gasteiger partial charge in [0.2, 0.25) is 0 Å². The molecule has 0 spiro atoms. The third-order valence-corrected chi connectivity index (χ3v) is 4.00. The zero-order valence-electron chi connectivity index (χ0n) is 13.5. The number of nitrogens with one attached hydrogen (secondary N) is 1. The number of halogens is 1. The number of hydrogen-bond donors (Lipinski definition) is 1. The van der Waals surface area contributed by atoms with Crippen LogP contribution in [-0.4, -0.2) is 17.5 Å². The largest absolute Gasteiger partial charge is 0.275 e. The van der Waals surface area contributed by atoms with E-state index in [-0.39, 0.29) is 5.91 Å². The van der Waals surface area contributed by atoms with E-state index in [4.69, 9.17) is 16.4 Å². The molecule has 122 valence electrons. The zero-order chi connectivity index (χ0) is 17.1. The molecule has 0 radical (unpaired) electrons.